The number of ether oxygens (including phenoxy) is 1. The Balaban J connectivity index is 2.21. The summed E-state index contributed by atoms with van der Waals surface area (Å²) in [6.45, 7) is 7.38. The first-order chi connectivity index (χ1) is 9.67. The SMILES string of the molecule is CCCOCCN(CC)c1cc(=S)c2scc(Br)c2o1. The van der Waals surface area contributed by atoms with Crippen LogP contribution in [0.5, 0.6) is 0 Å². The zero-order chi connectivity index (χ0) is 14.5. The minimum atomic E-state index is 0.701. The van der Waals surface area contributed by atoms with Crippen LogP contribution >= 0.6 is 39.5 Å². The van der Waals surface area contributed by atoms with E-state index in [1.54, 1.807) is 11.3 Å². The van der Waals surface area contributed by atoms with E-state index in [9.17, 15) is 0 Å². The van der Waals surface area contributed by atoms with Crippen molar-refractivity contribution in [3.63, 3.8) is 0 Å². The number of rotatable bonds is 7. The van der Waals surface area contributed by atoms with Gasteiger partial charge in [0.1, 0.15) is 0 Å². The molecular formula is C14H18BrNO2S2. The lowest BCUT2D eigenvalue weighted by Crippen LogP contribution is -2.27. The van der Waals surface area contributed by atoms with E-state index in [2.05, 4.69) is 34.7 Å². The number of fused-ring (bicyclic) bond motifs is 1. The summed E-state index contributed by atoms with van der Waals surface area (Å²) in [7, 11) is 0. The molecule has 0 bridgehead atoms. The second-order valence-corrected chi connectivity index (χ2v) is 6.56. The van der Waals surface area contributed by atoms with Gasteiger partial charge in [-0.25, -0.2) is 0 Å². The van der Waals surface area contributed by atoms with Crippen LogP contribution in [0.4, 0.5) is 5.88 Å². The highest BCUT2D eigenvalue weighted by Crippen LogP contribution is 2.34. The van der Waals surface area contributed by atoms with E-state index >= 15 is 0 Å². The third kappa shape index (κ3) is 3.61. The number of thiophene rings is 1. The molecule has 0 aliphatic heterocycles. The van der Waals surface area contributed by atoms with E-state index in [-0.39, 0.29) is 0 Å². The van der Waals surface area contributed by atoms with Crippen molar-refractivity contribution in [2.24, 2.45) is 0 Å². The fraction of sp³-hybridized carbons (Fsp3) is 0.500. The van der Waals surface area contributed by atoms with Crippen LogP contribution < -0.4 is 4.90 Å². The number of nitrogens with zero attached hydrogens (tertiary/aromatic N) is 1. The summed E-state index contributed by atoms with van der Waals surface area (Å²) in [6.07, 6.45) is 1.04. The van der Waals surface area contributed by atoms with Crippen molar-refractivity contribution in [1.29, 1.82) is 0 Å². The molecule has 0 radical (unpaired) electrons. The van der Waals surface area contributed by atoms with Crippen LogP contribution in [0.1, 0.15) is 20.3 Å². The summed E-state index contributed by atoms with van der Waals surface area (Å²) < 4.78 is 14.4. The summed E-state index contributed by atoms with van der Waals surface area (Å²) in [6, 6.07) is 1.93. The Kier molecular flexibility index (Phi) is 6.01. The third-order valence-corrected chi connectivity index (χ3v) is 5.27. The van der Waals surface area contributed by atoms with E-state index in [0.29, 0.717) is 6.61 Å². The highest BCUT2D eigenvalue weighted by molar-refractivity contribution is 9.10. The molecule has 2 aromatic rings. The van der Waals surface area contributed by atoms with E-state index in [4.69, 9.17) is 21.4 Å². The second-order valence-electron chi connectivity index (χ2n) is 4.38. The molecule has 0 spiro atoms. The van der Waals surface area contributed by atoms with E-state index in [0.717, 1.165) is 51.3 Å². The fourth-order valence-electron chi connectivity index (χ4n) is 1.90. The van der Waals surface area contributed by atoms with E-state index in [1.165, 1.54) is 0 Å². The monoisotopic (exact) mass is 375 g/mol. The molecule has 0 aromatic carbocycles. The van der Waals surface area contributed by atoms with Crippen molar-refractivity contribution in [3.8, 4) is 0 Å². The smallest absolute Gasteiger partial charge is 0.197 e. The highest BCUT2D eigenvalue weighted by Gasteiger charge is 2.12. The van der Waals surface area contributed by atoms with Gasteiger partial charge in [0.25, 0.3) is 0 Å². The number of hydrogen-bond donors (Lipinski definition) is 0. The van der Waals surface area contributed by atoms with Gasteiger partial charge >= 0.3 is 0 Å². The minimum Gasteiger partial charge on any atom is -0.438 e. The molecule has 0 aliphatic carbocycles. The first-order valence-corrected chi connectivity index (χ1v) is 8.79. The van der Waals surface area contributed by atoms with Crippen LogP contribution in [0.3, 0.4) is 0 Å². The summed E-state index contributed by atoms with van der Waals surface area (Å²) in [5.41, 5.74) is 0.838. The molecule has 0 fully saturated rings. The van der Waals surface area contributed by atoms with E-state index < -0.39 is 0 Å². The quantitative estimate of drug-likeness (QED) is 0.488. The normalized spacial score (nSPS) is 11.2. The van der Waals surface area contributed by atoms with Crippen LogP contribution in [0.25, 0.3) is 10.3 Å². The maximum Gasteiger partial charge on any atom is 0.197 e. The molecule has 0 amide bonds. The molecule has 0 saturated carbocycles. The molecule has 20 heavy (non-hydrogen) atoms. The molecule has 3 nitrogen and oxygen atoms in total. The van der Waals surface area contributed by atoms with Crippen LogP contribution in [0.15, 0.2) is 20.3 Å². The van der Waals surface area contributed by atoms with Gasteiger partial charge in [-0.3, -0.25) is 0 Å². The van der Waals surface area contributed by atoms with Gasteiger partial charge in [-0.15, -0.1) is 11.3 Å². The molecule has 0 saturated heterocycles. The highest BCUT2D eigenvalue weighted by atomic mass is 79.9. The Labute approximate surface area is 136 Å². The summed E-state index contributed by atoms with van der Waals surface area (Å²) in [5.74, 6) is 0.809. The lowest BCUT2D eigenvalue weighted by molar-refractivity contribution is 0.140. The van der Waals surface area contributed by atoms with Crippen molar-refractivity contribution < 1.29 is 9.15 Å². The van der Waals surface area contributed by atoms with Crippen LogP contribution in [0, 0.1) is 4.51 Å². The standard InChI is InChI=1S/C14H18BrNO2S2/c1-3-6-17-7-5-16(4-2)12-8-11(19)14-13(18-12)10(15)9-20-14/h8-9H,3-7H2,1-2H3. The second kappa shape index (κ2) is 7.54. The van der Waals surface area contributed by atoms with Gasteiger partial charge in [0.15, 0.2) is 11.5 Å². The Morgan fingerprint density at radius 1 is 1.40 bits per heavy atom. The molecular weight excluding hydrogens is 358 g/mol. The summed E-state index contributed by atoms with van der Waals surface area (Å²) in [4.78, 5) is 2.15. The van der Waals surface area contributed by atoms with Gasteiger partial charge in [0.05, 0.1) is 20.3 Å². The third-order valence-electron chi connectivity index (χ3n) is 2.94. The molecule has 0 unspecified atom stereocenters. The maximum atomic E-state index is 5.99. The number of hydrogen-bond acceptors (Lipinski definition) is 5. The summed E-state index contributed by atoms with van der Waals surface area (Å²) >= 11 is 10.6. The average molecular weight is 376 g/mol. The van der Waals surface area contributed by atoms with Gasteiger partial charge in [-0.2, -0.15) is 0 Å². The Morgan fingerprint density at radius 3 is 2.90 bits per heavy atom. The predicted octanol–water partition coefficient (Wildman–Crippen LogP) is 5.24. The molecule has 0 N–H and O–H groups in total. The number of likely N-dealkylation sites (N-methyl/N-ethyl adjacent to an activating group) is 1. The topological polar surface area (TPSA) is 25.6 Å². The molecule has 2 heterocycles. The first kappa shape index (κ1) is 15.9. The maximum absolute atomic E-state index is 5.99. The largest absolute Gasteiger partial charge is 0.438 e. The molecule has 0 aliphatic rings. The van der Waals surface area contributed by atoms with Gasteiger partial charge < -0.3 is 14.1 Å². The number of anilines is 1. The summed E-state index contributed by atoms with van der Waals surface area (Å²) in [5, 5.41) is 2.01. The Bertz CT molecular complexity index is 623. The van der Waals surface area contributed by atoms with Gasteiger partial charge in [-0.05, 0) is 29.3 Å². The van der Waals surface area contributed by atoms with Crippen LogP contribution in [0.2, 0.25) is 0 Å². The van der Waals surface area contributed by atoms with Gasteiger partial charge in [0.2, 0.25) is 0 Å². The molecule has 0 atom stereocenters. The Hall–Kier alpha value is -0.430. The lowest BCUT2D eigenvalue weighted by atomic mass is 10.4. The molecule has 2 aromatic heterocycles. The fourth-order valence-corrected chi connectivity index (χ4v) is 3.69. The zero-order valence-electron chi connectivity index (χ0n) is 11.6. The van der Waals surface area contributed by atoms with Crippen molar-refractivity contribution in [2.45, 2.75) is 20.3 Å². The number of halogens is 1. The minimum absolute atomic E-state index is 0.701. The molecule has 6 heteroatoms. The van der Waals surface area contributed by atoms with Crippen molar-refractivity contribution in [2.75, 3.05) is 31.2 Å². The van der Waals surface area contributed by atoms with Crippen molar-refractivity contribution in [1.82, 2.24) is 0 Å². The van der Waals surface area contributed by atoms with Crippen molar-refractivity contribution in [3.05, 3.63) is 20.4 Å². The van der Waals surface area contributed by atoms with Gasteiger partial charge in [-0.1, -0.05) is 19.1 Å². The zero-order valence-corrected chi connectivity index (χ0v) is 14.9. The van der Waals surface area contributed by atoms with Crippen molar-refractivity contribution >= 4 is 55.7 Å². The van der Waals surface area contributed by atoms with Crippen LogP contribution in [-0.4, -0.2) is 26.3 Å². The molecule has 2 rings (SSSR count). The van der Waals surface area contributed by atoms with E-state index in [1.807, 2.05) is 11.4 Å². The predicted molar refractivity (Wildman–Crippen MR) is 91.6 cm³/mol. The lowest BCUT2D eigenvalue weighted by Gasteiger charge is -2.21. The molecule has 110 valence electrons. The average Bonchev–Trinajstić information content (AvgIpc) is 2.81. The first-order valence-electron chi connectivity index (χ1n) is 6.70. The Morgan fingerprint density at radius 2 is 2.20 bits per heavy atom. The van der Waals surface area contributed by atoms with Crippen LogP contribution in [-0.2, 0) is 4.74 Å². The van der Waals surface area contributed by atoms with Gasteiger partial charge in [0, 0.05) is 31.1 Å².